The van der Waals surface area contributed by atoms with E-state index in [4.69, 9.17) is 11.6 Å². The van der Waals surface area contributed by atoms with Gasteiger partial charge in [0.05, 0.1) is 17.0 Å². The fraction of sp³-hybridized carbons (Fsp3) is 0.300. The van der Waals surface area contributed by atoms with Gasteiger partial charge >= 0.3 is 0 Å². The summed E-state index contributed by atoms with van der Waals surface area (Å²) in [5.41, 5.74) is 1.89. The Morgan fingerprint density at radius 3 is 2.85 bits per heavy atom. The highest BCUT2D eigenvalue weighted by molar-refractivity contribution is 8.01. The first-order chi connectivity index (χ1) is 12.6. The van der Waals surface area contributed by atoms with Crippen LogP contribution < -0.4 is 5.32 Å². The molecule has 4 rings (SSSR count). The number of likely N-dealkylation sites (tertiary alicyclic amines) is 1. The van der Waals surface area contributed by atoms with Crippen molar-refractivity contribution in [1.82, 2.24) is 4.90 Å². The van der Waals surface area contributed by atoms with Gasteiger partial charge < -0.3 is 10.2 Å². The maximum Gasteiger partial charge on any atom is 0.238 e. The molecular weight excluding hydrogens is 368 g/mol. The molecule has 2 atom stereocenters. The summed E-state index contributed by atoms with van der Waals surface area (Å²) < 4.78 is 0. The Bertz CT molecular complexity index is 843. The number of rotatable bonds is 3. The van der Waals surface area contributed by atoms with Crippen molar-refractivity contribution in [3.63, 3.8) is 0 Å². The number of carbonyl (C=O) groups is 2. The van der Waals surface area contributed by atoms with Gasteiger partial charge in [0.15, 0.2) is 0 Å². The van der Waals surface area contributed by atoms with E-state index in [-0.39, 0.29) is 24.3 Å². The van der Waals surface area contributed by atoms with E-state index in [0.29, 0.717) is 5.02 Å². The van der Waals surface area contributed by atoms with Gasteiger partial charge in [-0.15, -0.1) is 11.8 Å². The number of halogens is 1. The molecule has 2 amide bonds. The molecule has 2 aliphatic heterocycles. The van der Waals surface area contributed by atoms with Gasteiger partial charge in [-0.2, -0.15) is 0 Å². The summed E-state index contributed by atoms with van der Waals surface area (Å²) in [6, 6.07) is 15.7. The van der Waals surface area contributed by atoms with Crippen LogP contribution in [0.2, 0.25) is 5.02 Å². The molecule has 4 nitrogen and oxygen atoms in total. The van der Waals surface area contributed by atoms with Crippen LogP contribution in [0.25, 0.3) is 0 Å². The summed E-state index contributed by atoms with van der Waals surface area (Å²) in [5.74, 6) is -0.0880. The Balaban J connectivity index is 1.48. The summed E-state index contributed by atoms with van der Waals surface area (Å²) >= 11 is 7.42. The normalized spacial score (nSPS) is 22.0. The minimum atomic E-state index is -0.409. The van der Waals surface area contributed by atoms with E-state index in [2.05, 4.69) is 17.4 Å². The summed E-state index contributed by atoms with van der Waals surface area (Å²) in [7, 11) is 0. The lowest BCUT2D eigenvalue weighted by atomic mass is 10.0. The molecule has 0 bridgehead atoms. The molecular formula is C20H19ClN2O2S. The topological polar surface area (TPSA) is 49.4 Å². The van der Waals surface area contributed by atoms with Crippen molar-refractivity contribution in [3.8, 4) is 0 Å². The van der Waals surface area contributed by atoms with Crippen LogP contribution in [-0.4, -0.2) is 28.5 Å². The average Bonchev–Trinajstić information content (AvgIpc) is 3.13. The van der Waals surface area contributed by atoms with E-state index in [0.717, 1.165) is 30.0 Å². The number of nitrogens with zero attached hydrogens (tertiary/aromatic N) is 1. The van der Waals surface area contributed by atoms with Crippen molar-refractivity contribution in [1.29, 1.82) is 0 Å². The second-order valence-electron chi connectivity index (χ2n) is 6.60. The minimum absolute atomic E-state index is 0.0430. The molecule has 2 aromatic carbocycles. The molecule has 1 N–H and O–H groups in total. The quantitative estimate of drug-likeness (QED) is 0.844. The lowest BCUT2D eigenvalue weighted by molar-refractivity contribution is -0.133. The van der Waals surface area contributed by atoms with Crippen molar-refractivity contribution >= 4 is 40.9 Å². The number of carbonyl (C=O) groups excluding carboxylic acids is 2. The predicted molar refractivity (Wildman–Crippen MR) is 104 cm³/mol. The van der Waals surface area contributed by atoms with Crippen molar-refractivity contribution in [2.45, 2.75) is 35.4 Å². The van der Waals surface area contributed by atoms with Gasteiger partial charge in [0.25, 0.3) is 0 Å². The van der Waals surface area contributed by atoms with E-state index in [9.17, 15) is 9.59 Å². The Hall–Kier alpha value is -1.98. The molecule has 2 aromatic rings. The van der Waals surface area contributed by atoms with Gasteiger partial charge in [0, 0.05) is 22.9 Å². The maximum absolute atomic E-state index is 12.9. The fourth-order valence-corrected chi connectivity index (χ4v) is 4.87. The monoisotopic (exact) mass is 386 g/mol. The number of benzene rings is 2. The molecule has 0 saturated carbocycles. The van der Waals surface area contributed by atoms with Crippen LogP contribution in [0, 0.1) is 0 Å². The summed E-state index contributed by atoms with van der Waals surface area (Å²) in [4.78, 5) is 28.2. The SMILES string of the molecule is O=C1Nc2cc(Cl)ccc2SC1CC(=O)N1CCCC1c1ccccc1. The van der Waals surface area contributed by atoms with Gasteiger partial charge in [-0.1, -0.05) is 41.9 Å². The standard InChI is InChI=1S/C20H19ClN2O2S/c21-14-8-9-17-15(11-14)22-20(25)18(26-17)12-19(24)23-10-4-7-16(23)13-5-2-1-3-6-13/h1-3,5-6,8-9,11,16,18H,4,7,10,12H2,(H,22,25). The molecule has 134 valence electrons. The van der Waals surface area contributed by atoms with E-state index >= 15 is 0 Å². The van der Waals surface area contributed by atoms with Gasteiger partial charge in [-0.05, 0) is 36.6 Å². The zero-order valence-electron chi connectivity index (χ0n) is 14.2. The molecule has 1 fully saturated rings. The van der Waals surface area contributed by atoms with Crippen LogP contribution in [0.4, 0.5) is 5.69 Å². The van der Waals surface area contributed by atoms with E-state index in [1.165, 1.54) is 17.3 Å². The third-order valence-electron chi connectivity index (χ3n) is 4.88. The van der Waals surface area contributed by atoms with Gasteiger partial charge in [0.1, 0.15) is 0 Å². The van der Waals surface area contributed by atoms with Gasteiger partial charge in [-0.25, -0.2) is 0 Å². The lowest BCUT2D eigenvalue weighted by Crippen LogP contribution is -2.37. The number of thioether (sulfide) groups is 1. The van der Waals surface area contributed by atoms with Crippen molar-refractivity contribution < 1.29 is 9.59 Å². The molecule has 0 radical (unpaired) electrons. The van der Waals surface area contributed by atoms with Crippen molar-refractivity contribution in [2.75, 3.05) is 11.9 Å². The first-order valence-electron chi connectivity index (χ1n) is 8.73. The van der Waals surface area contributed by atoms with Crippen LogP contribution >= 0.6 is 23.4 Å². The van der Waals surface area contributed by atoms with Crippen molar-refractivity contribution in [3.05, 3.63) is 59.1 Å². The molecule has 6 heteroatoms. The van der Waals surface area contributed by atoms with Crippen LogP contribution in [0.3, 0.4) is 0 Å². The minimum Gasteiger partial charge on any atom is -0.336 e. The summed E-state index contributed by atoms with van der Waals surface area (Å²) in [5, 5.41) is 3.05. The number of fused-ring (bicyclic) bond motifs is 1. The number of anilines is 1. The number of nitrogens with one attached hydrogen (secondary N) is 1. The zero-order valence-corrected chi connectivity index (χ0v) is 15.7. The fourth-order valence-electron chi connectivity index (χ4n) is 3.62. The molecule has 0 aromatic heterocycles. The van der Waals surface area contributed by atoms with Crippen LogP contribution in [0.15, 0.2) is 53.4 Å². The highest BCUT2D eigenvalue weighted by Crippen LogP contribution is 2.39. The molecule has 0 aliphatic carbocycles. The van der Waals surface area contributed by atoms with E-state index < -0.39 is 5.25 Å². The van der Waals surface area contributed by atoms with E-state index in [1.807, 2.05) is 29.2 Å². The predicted octanol–water partition coefficient (Wildman–Crippen LogP) is 4.51. The third kappa shape index (κ3) is 3.46. The highest BCUT2D eigenvalue weighted by Gasteiger charge is 2.34. The Kier molecular flexibility index (Phi) is 4.92. The Morgan fingerprint density at radius 1 is 1.23 bits per heavy atom. The highest BCUT2D eigenvalue weighted by atomic mass is 35.5. The summed E-state index contributed by atoms with van der Waals surface area (Å²) in [6.07, 6.45) is 2.18. The molecule has 2 unspecified atom stereocenters. The second-order valence-corrected chi connectivity index (χ2v) is 8.28. The van der Waals surface area contributed by atoms with Gasteiger partial charge in [-0.3, -0.25) is 9.59 Å². The van der Waals surface area contributed by atoms with Crippen LogP contribution in [0.1, 0.15) is 30.9 Å². The largest absolute Gasteiger partial charge is 0.336 e. The van der Waals surface area contributed by atoms with Crippen LogP contribution in [-0.2, 0) is 9.59 Å². The molecule has 1 saturated heterocycles. The first-order valence-corrected chi connectivity index (χ1v) is 9.99. The van der Waals surface area contributed by atoms with Gasteiger partial charge in [0.2, 0.25) is 11.8 Å². The zero-order chi connectivity index (χ0) is 18.1. The number of hydrogen-bond donors (Lipinski definition) is 1. The average molecular weight is 387 g/mol. The number of amides is 2. The molecule has 2 heterocycles. The lowest BCUT2D eigenvalue weighted by Gasteiger charge is -2.28. The number of hydrogen-bond acceptors (Lipinski definition) is 3. The third-order valence-corrected chi connectivity index (χ3v) is 6.39. The first kappa shape index (κ1) is 17.4. The molecule has 26 heavy (non-hydrogen) atoms. The van der Waals surface area contributed by atoms with Crippen LogP contribution in [0.5, 0.6) is 0 Å². The Labute approximate surface area is 161 Å². The maximum atomic E-state index is 12.9. The smallest absolute Gasteiger partial charge is 0.238 e. The molecule has 2 aliphatic rings. The summed E-state index contributed by atoms with van der Waals surface area (Å²) in [6.45, 7) is 0.754. The Morgan fingerprint density at radius 2 is 2.04 bits per heavy atom. The van der Waals surface area contributed by atoms with Crippen molar-refractivity contribution in [2.24, 2.45) is 0 Å². The molecule has 0 spiro atoms. The second kappa shape index (κ2) is 7.33. The van der Waals surface area contributed by atoms with E-state index in [1.54, 1.807) is 12.1 Å².